The summed E-state index contributed by atoms with van der Waals surface area (Å²) >= 11 is 0. The standard InChI is InChI=1S/C14H16N2O8/c17-5-9(13(21)22)15-11(19)7-3-1-2-4-8(7)12(20)16-10(6-18)14(23)24/h1-4,9-10,17-18H,5-6H2,(H,15,19)(H,16,20)(H,21,22)(H,23,24)/t9-,10-/m1/s1. The van der Waals surface area contributed by atoms with E-state index < -0.39 is 49.1 Å². The smallest absolute Gasteiger partial charge is 0.328 e. The Balaban J connectivity index is 3.03. The van der Waals surface area contributed by atoms with Crippen LogP contribution in [0.15, 0.2) is 24.3 Å². The molecule has 2 amide bonds. The van der Waals surface area contributed by atoms with Crippen LogP contribution in [0.3, 0.4) is 0 Å². The van der Waals surface area contributed by atoms with Crippen LogP contribution in [-0.2, 0) is 9.59 Å². The van der Waals surface area contributed by atoms with Crippen LogP contribution in [0.4, 0.5) is 0 Å². The van der Waals surface area contributed by atoms with E-state index in [9.17, 15) is 19.2 Å². The number of benzene rings is 1. The SMILES string of the molecule is O=C(N[C@H](CO)C(=O)O)c1ccccc1C(=O)N[C@H](CO)C(=O)O. The molecule has 0 aliphatic carbocycles. The molecule has 130 valence electrons. The van der Waals surface area contributed by atoms with Gasteiger partial charge in [-0.1, -0.05) is 12.1 Å². The highest BCUT2D eigenvalue weighted by Gasteiger charge is 2.25. The first kappa shape index (κ1) is 19.1. The molecule has 1 aromatic rings. The Morgan fingerprint density at radius 1 is 0.792 bits per heavy atom. The van der Waals surface area contributed by atoms with Gasteiger partial charge in [-0.2, -0.15) is 0 Å². The Morgan fingerprint density at radius 3 is 1.38 bits per heavy atom. The normalized spacial score (nSPS) is 12.8. The molecule has 0 saturated heterocycles. The summed E-state index contributed by atoms with van der Waals surface area (Å²) in [6.45, 7) is -1.69. The summed E-state index contributed by atoms with van der Waals surface area (Å²) in [5.41, 5.74) is -0.423. The second-order valence-electron chi connectivity index (χ2n) is 4.64. The van der Waals surface area contributed by atoms with E-state index in [1.54, 1.807) is 0 Å². The number of aliphatic hydroxyl groups is 2. The summed E-state index contributed by atoms with van der Waals surface area (Å²) in [6.07, 6.45) is 0. The fourth-order valence-corrected chi connectivity index (χ4v) is 1.72. The van der Waals surface area contributed by atoms with Crippen LogP contribution < -0.4 is 10.6 Å². The zero-order valence-corrected chi connectivity index (χ0v) is 12.3. The largest absolute Gasteiger partial charge is 0.480 e. The van der Waals surface area contributed by atoms with Crippen molar-refractivity contribution in [3.8, 4) is 0 Å². The molecule has 1 aromatic carbocycles. The van der Waals surface area contributed by atoms with Crippen molar-refractivity contribution in [3.63, 3.8) is 0 Å². The van der Waals surface area contributed by atoms with Gasteiger partial charge in [-0.05, 0) is 12.1 Å². The molecule has 2 atom stereocenters. The number of amides is 2. The second-order valence-corrected chi connectivity index (χ2v) is 4.64. The lowest BCUT2D eigenvalue weighted by molar-refractivity contribution is -0.141. The molecule has 0 aliphatic heterocycles. The minimum Gasteiger partial charge on any atom is -0.480 e. The average molecular weight is 340 g/mol. The number of aliphatic carboxylic acids is 2. The first-order chi connectivity index (χ1) is 11.3. The minimum absolute atomic E-state index is 0.211. The fourth-order valence-electron chi connectivity index (χ4n) is 1.72. The topological polar surface area (TPSA) is 173 Å². The van der Waals surface area contributed by atoms with Gasteiger partial charge < -0.3 is 31.1 Å². The molecule has 10 nitrogen and oxygen atoms in total. The van der Waals surface area contributed by atoms with E-state index in [1.807, 2.05) is 10.6 Å². The zero-order chi connectivity index (χ0) is 18.3. The van der Waals surface area contributed by atoms with Gasteiger partial charge >= 0.3 is 11.9 Å². The Kier molecular flexibility index (Phi) is 6.83. The summed E-state index contributed by atoms with van der Waals surface area (Å²) in [6, 6.07) is 2.18. The summed E-state index contributed by atoms with van der Waals surface area (Å²) in [5.74, 6) is -4.78. The lowest BCUT2D eigenvalue weighted by atomic mass is 10.1. The predicted octanol–water partition coefficient (Wildman–Crippen LogP) is -1.96. The van der Waals surface area contributed by atoms with Gasteiger partial charge in [-0.3, -0.25) is 9.59 Å². The van der Waals surface area contributed by atoms with Crippen LogP contribution in [0.25, 0.3) is 0 Å². The third-order valence-corrected chi connectivity index (χ3v) is 2.99. The second kappa shape index (κ2) is 8.60. The van der Waals surface area contributed by atoms with Crippen LogP contribution in [0, 0.1) is 0 Å². The van der Waals surface area contributed by atoms with Gasteiger partial charge in [0.15, 0.2) is 12.1 Å². The molecular weight excluding hydrogens is 324 g/mol. The Hall–Kier alpha value is -2.98. The van der Waals surface area contributed by atoms with Crippen LogP contribution in [0.2, 0.25) is 0 Å². The molecule has 0 radical (unpaired) electrons. The quantitative estimate of drug-likeness (QED) is 0.316. The van der Waals surface area contributed by atoms with E-state index in [0.29, 0.717) is 0 Å². The molecule has 1 rings (SSSR count). The Morgan fingerprint density at radius 2 is 1.12 bits per heavy atom. The van der Waals surface area contributed by atoms with Crippen molar-refractivity contribution in [1.29, 1.82) is 0 Å². The van der Waals surface area contributed by atoms with Crippen molar-refractivity contribution >= 4 is 23.8 Å². The number of nitrogens with one attached hydrogen (secondary N) is 2. The molecule has 0 spiro atoms. The highest BCUT2D eigenvalue weighted by Crippen LogP contribution is 2.09. The van der Waals surface area contributed by atoms with Gasteiger partial charge in [0.05, 0.1) is 24.3 Å². The van der Waals surface area contributed by atoms with Gasteiger partial charge in [-0.15, -0.1) is 0 Å². The molecule has 10 heteroatoms. The molecule has 0 unspecified atom stereocenters. The van der Waals surface area contributed by atoms with Gasteiger partial charge in [0.25, 0.3) is 11.8 Å². The first-order valence-electron chi connectivity index (χ1n) is 6.69. The molecule has 0 heterocycles. The monoisotopic (exact) mass is 340 g/mol. The van der Waals surface area contributed by atoms with E-state index in [-0.39, 0.29) is 11.1 Å². The van der Waals surface area contributed by atoms with Crippen molar-refractivity contribution in [3.05, 3.63) is 35.4 Å². The van der Waals surface area contributed by atoms with E-state index in [4.69, 9.17) is 20.4 Å². The highest BCUT2D eigenvalue weighted by atomic mass is 16.4. The molecule has 24 heavy (non-hydrogen) atoms. The predicted molar refractivity (Wildman–Crippen MR) is 78.4 cm³/mol. The van der Waals surface area contributed by atoms with Crippen LogP contribution >= 0.6 is 0 Å². The first-order valence-corrected chi connectivity index (χ1v) is 6.69. The van der Waals surface area contributed by atoms with Crippen molar-refractivity contribution in [1.82, 2.24) is 10.6 Å². The summed E-state index contributed by atoms with van der Waals surface area (Å²) in [5, 5.41) is 39.5. The molecule has 0 fully saturated rings. The molecular formula is C14H16N2O8. The number of rotatable bonds is 8. The zero-order valence-electron chi connectivity index (χ0n) is 12.3. The third-order valence-electron chi connectivity index (χ3n) is 2.99. The maximum absolute atomic E-state index is 12.1. The van der Waals surface area contributed by atoms with E-state index in [2.05, 4.69) is 0 Å². The summed E-state index contributed by atoms with van der Waals surface area (Å²) in [7, 11) is 0. The number of carboxylic acid groups (broad SMARTS) is 2. The summed E-state index contributed by atoms with van der Waals surface area (Å²) in [4.78, 5) is 45.9. The number of carboxylic acids is 2. The van der Waals surface area contributed by atoms with Gasteiger partial charge in [0.1, 0.15) is 0 Å². The van der Waals surface area contributed by atoms with Crippen molar-refractivity contribution < 1.29 is 39.6 Å². The van der Waals surface area contributed by atoms with Crippen LogP contribution in [-0.4, -0.2) is 69.5 Å². The Bertz CT molecular complexity index is 590. The fraction of sp³-hybridized carbons (Fsp3) is 0.286. The van der Waals surface area contributed by atoms with E-state index in [1.165, 1.54) is 24.3 Å². The lowest BCUT2D eigenvalue weighted by Crippen LogP contribution is -2.45. The lowest BCUT2D eigenvalue weighted by Gasteiger charge is -2.15. The third kappa shape index (κ3) is 4.76. The number of hydrogen-bond acceptors (Lipinski definition) is 6. The number of hydrogen-bond donors (Lipinski definition) is 6. The molecule has 0 aromatic heterocycles. The molecule has 6 N–H and O–H groups in total. The van der Waals surface area contributed by atoms with Crippen molar-refractivity contribution in [2.75, 3.05) is 13.2 Å². The Labute approximate surface area is 135 Å². The van der Waals surface area contributed by atoms with E-state index >= 15 is 0 Å². The molecule has 0 aliphatic rings. The number of carbonyl (C=O) groups excluding carboxylic acids is 2. The maximum atomic E-state index is 12.1. The van der Waals surface area contributed by atoms with Gasteiger partial charge in [0, 0.05) is 0 Å². The average Bonchev–Trinajstić information content (AvgIpc) is 2.56. The minimum atomic E-state index is -1.56. The van der Waals surface area contributed by atoms with Crippen LogP contribution in [0.5, 0.6) is 0 Å². The highest BCUT2D eigenvalue weighted by molar-refractivity contribution is 6.08. The summed E-state index contributed by atoms with van der Waals surface area (Å²) < 4.78 is 0. The number of carbonyl (C=O) groups is 4. The molecule has 0 bridgehead atoms. The van der Waals surface area contributed by atoms with Crippen molar-refractivity contribution in [2.45, 2.75) is 12.1 Å². The van der Waals surface area contributed by atoms with Crippen molar-refractivity contribution in [2.24, 2.45) is 0 Å². The van der Waals surface area contributed by atoms with Gasteiger partial charge in [-0.25, -0.2) is 9.59 Å². The maximum Gasteiger partial charge on any atom is 0.328 e. The van der Waals surface area contributed by atoms with E-state index in [0.717, 1.165) is 0 Å². The number of aliphatic hydroxyl groups excluding tert-OH is 2. The molecule has 0 saturated carbocycles. The van der Waals surface area contributed by atoms with Gasteiger partial charge in [0.2, 0.25) is 0 Å². The van der Waals surface area contributed by atoms with Crippen LogP contribution in [0.1, 0.15) is 20.7 Å².